The van der Waals surface area contributed by atoms with Crippen molar-refractivity contribution >= 4 is 11.5 Å². The summed E-state index contributed by atoms with van der Waals surface area (Å²) in [5.41, 5.74) is 2.08. The van der Waals surface area contributed by atoms with Gasteiger partial charge in [-0.3, -0.25) is 0 Å². The SMILES string of the molecule is CCOc1ccccc1N1CCN(c2cc(COC)ncn2)CC1. The van der Waals surface area contributed by atoms with Crippen LogP contribution < -0.4 is 14.5 Å². The molecule has 0 N–H and O–H groups in total. The number of methoxy groups -OCH3 is 1. The van der Waals surface area contributed by atoms with Crippen molar-refractivity contribution in [3.63, 3.8) is 0 Å². The minimum absolute atomic E-state index is 0.511. The number of rotatable bonds is 6. The zero-order valence-electron chi connectivity index (χ0n) is 14.3. The monoisotopic (exact) mass is 328 g/mol. The first-order chi connectivity index (χ1) is 11.8. The number of hydrogen-bond acceptors (Lipinski definition) is 6. The standard InChI is InChI=1S/C18H24N4O2/c1-3-24-17-7-5-4-6-16(17)21-8-10-22(11-9-21)18-12-15(13-23-2)19-14-20-18/h4-7,12,14H,3,8-11,13H2,1-2H3. The zero-order valence-corrected chi connectivity index (χ0v) is 14.3. The fraction of sp³-hybridized carbons (Fsp3) is 0.444. The summed E-state index contributed by atoms with van der Waals surface area (Å²) < 4.78 is 10.9. The molecule has 0 atom stereocenters. The zero-order chi connectivity index (χ0) is 16.8. The van der Waals surface area contributed by atoms with Crippen molar-refractivity contribution in [1.29, 1.82) is 0 Å². The van der Waals surface area contributed by atoms with Crippen LogP contribution in [-0.4, -0.2) is 49.9 Å². The van der Waals surface area contributed by atoms with Gasteiger partial charge in [-0.15, -0.1) is 0 Å². The maximum atomic E-state index is 5.75. The van der Waals surface area contributed by atoms with Crippen LogP contribution in [0.1, 0.15) is 12.6 Å². The molecular weight excluding hydrogens is 304 g/mol. The lowest BCUT2D eigenvalue weighted by molar-refractivity contribution is 0.181. The van der Waals surface area contributed by atoms with Crippen LogP contribution in [0.3, 0.4) is 0 Å². The van der Waals surface area contributed by atoms with Gasteiger partial charge in [-0.25, -0.2) is 9.97 Å². The molecule has 0 unspecified atom stereocenters. The van der Waals surface area contributed by atoms with E-state index in [0.29, 0.717) is 13.2 Å². The highest BCUT2D eigenvalue weighted by Gasteiger charge is 2.20. The van der Waals surface area contributed by atoms with Crippen LogP contribution in [0.4, 0.5) is 11.5 Å². The van der Waals surface area contributed by atoms with E-state index in [1.165, 1.54) is 5.69 Å². The first-order valence-electron chi connectivity index (χ1n) is 8.33. The first kappa shape index (κ1) is 16.5. The molecule has 3 rings (SSSR count). The third-order valence-corrected chi connectivity index (χ3v) is 4.11. The molecule has 1 saturated heterocycles. The summed E-state index contributed by atoms with van der Waals surface area (Å²) >= 11 is 0. The number of para-hydroxylation sites is 2. The van der Waals surface area contributed by atoms with Crippen molar-refractivity contribution in [2.45, 2.75) is 13.5 Å². The van der Waals surface area contributed by atoms with Crippen LogP contribution in [-0.2, 0) is 11.3 Å². The van der Waals surface area contributed by atoms with Gasteiger partial charge in [0.25, 0.3) is 0 Å². The van der Waals surface area contributed by atoms with E-state index < -0.39 is 0 Å². The lowest BCUT2D eigenvalue weighted by atomic mass is 10.2. The Kier molecular flexibility index (Phi) is 5.48. The maximum Gasteiger partial charge on any atom is 0.142 e. The Bertz CT molecular complexity index is 657. The van der Waals surface area contributed by atoms with Gasteiger partial charge >= 0.3 is 0 Å². The molecule has 1 fully saturated rings. The molecule has 0 saturated carbocycles. The summed E-state index contributed by atoms with van der Waals surface area (Å²) in [6, 6.07) is 10.2. The van der Waals surface area contributed by atoms with Crippen LogP contribution in [0.25, 0.3) is 0 Å². The van der Waals surface area contributed by atoms with Crippen molar-refractivity contribution in [3.05, 3.63) is 42.4 Å². The third kappa shape index (κ3) is 3.76. The van der Waals surface area contributed by atoms with Crippen molar-refractivity contribution < 1.29 is 9.47 Å². The predicted octanol–water partition coefficient (Wildman–Crippen LogP) is 2.35. The minimum Gasteiger partial charge on any atom is -0.492 e. The molecule has 1 aliphatic heterocycles. The largest absolute Gasteiger partial charge is 0.492 e. The van der Waals surface area contributed by atoms with Gasteiger partial charge in [0.15, 0.2) is 0 Å². The highest BCUT2D eigenvalue weighted by molar-refractivity contribution is 5.59. The average Bonchev–Trinajstić information content (AvgIpc) is 2.63. The van der Waals surface area contributed by atoms with E-state index in [2.05, 4.69) is 31.9 Å². The Morgan fingerprint density at radius 2 is 1.79 bits per heavy atom. The lowest BCUT2D eigenvalue weighted by Gasteiger charge is -2.37. The summed E-state index contributed by atoms with van der Waals surface area (Å²) in [5, 5.41) is 0. The van der Waals surface area contributed by atoms with E-state index in [-0.39, 0.29) is 0 Å². The summed E-state index contributed by atoms with van der Waals surface area (Å²) in [7, 11) is 1.68. The molecule has 24 heavy (non-hydrogen) atoms. The highest BCUT2D eigenvalue weighted by Crippen LogP contribution is 2.29. The molecular formula is C18H24N4O2. The van der Waals surface area contributed by atoms with Gasteiger partial charge in [0.1, 0.15) is 17.9 Å². The summed E-state index contributed by atoms with van der Waals surface area (Å²) in [5.74, 6) is 1.92. The highest BCUT2D eigenvalue weighted by atomic mass is 16.5. The van der Waals surface area contributed by atoms with E-state index >= 15 is 0 Å². The number of piperazine rings is 1. The average molecular weight is 328 g/mol. The Morgan fingerprint density at radius 3 is 2.54 bits per heavy atom. The summed E-state index contributed by atoms with van der Waals surface area (Å²) in [4.78, 5) is 13.3. The van der Waals surface area contributed by atoms with Gasteiger partial charge in [-0.1, -0.05) is 12.1 Å². The number of benzene rings is 1. The van der Waals surface area contributed by atoms with Gasteiger partial charge in [0.05, 0.1) is 24.6 Å². The molecule has 1 aromatic heterocycles. The molecule has 2 heterocycles. The van der Waals surface area contributed by atoms with Crippen molar-refractivity contribution in [2.24, 2.45) is 0 Å². The molecule has 128 valence electrons. The molecule has 1 aliphatic rings. The smallest absolute Gasteiger partial charge is 0.142 e. The number of aromatic nitrogens is 2. The number of ether oxygens (including phenoxy) is 2. The van der Waals surface area contributed by atoms with Gasteiger partial charge in [-0.2, -0.15) is 0 Å². The summed E-state index contributed by atoms with van der Waals surface area (Å²) in [6.07, 6.45) is 1.61. The lowest BCUT2D eigenvalue weighted by Crippen LogP contribution is -2.47. The molecule has 0 spiro atoms. The van der Waals surface area contributed by atoms with Crippen LogP contribution in [0.2, 0.25) is 0 Å². The van der Waals surface area contributed by atoms with Crippen LogP contribution in [0.15, 0.2) is 36.7 Å². The van der Waals surface area contributed by atoms with Crippen molar-refractivity contribution in [1.82, 2.24) is 9.97 Å². The first-order valence-corrected chi connectivity index (χ1v) is 8.33. The van der Waals surface area contributed by atoms with Crippen LogP contribution >= 0.6 is 0 Å². The van der Waals surface area contributed by atoms with Gasteiger partial charge in [0, 0.05) is 39.4 Å². The van der Waals surface area contributed by atoms with E-state index in [1.807, 2.05) is 25.1 Å². The van der Waals surface area contributed by atoms with Crippen LogP contribution in [0.5, 0.6) is 5.75 Å². The fourth-order valence-corrected chi connectivity index (χ4v) is 2.96. The second kappa shape index (κ2) is 7.97. The molecule has 1 aromatic carbocycles. The second-order valence-electron chi connectivity index (χ2n) is 5.68. The molecule has 2 aromatic rings. The van der Waals surface area contributed by atoms with Crippen LogP contribution in [0, 0.1) is 0 Å². The predicted molar refractivity (Wildman–Crippen MR) is 94.8 cm³/mol. The molecule has 6 heteroatoms. The molecule has 0 bridgehead atoms. The van der Waals surface area contributed by atoms with E-state index in [1.54, 1.807) is 13.4 Å². The molecule has 0 aliphatic carbocycles. The fourth-order valence-electron chi connectivity index (χ4n) is 2.96. The van der Waals surface area contributed by atoms with Gasteiger partial charge in [-0.05, 0) is 19.1 Å². The van der Waals surface area contributed by atoms with E-state index in [4.69, 9.17) is 9.47 Å². The Morgan fingerprint density at radius 1 is 1.04 bits per heavy atom. The molecule has 0 radical (unpaired) electrons. The van der Waals surface area contributed by atoms with Crippen molar-refractivity contribution in [2.75, 3.05) is 49.7 Å². The molecule has 6 nitrogen and oxygen atoms in total. The maximum absolute atomic E-state index is 5.75. The van der Waals surface area contributed by atoms with Crippen molar-refractivity contribution in [3.8, 4) is 5.75 Å². The Balaban J connectivity index is 1.67. The van der Waals surface area contributed by atoms with E-state index in [0.717, 1.165) is 43.4 Å². The van der Waals surface area contributed by atoms with E-state index in [9.17, 15) is 0 Å². The number of hydrogen-bond donors (Lipinski definition) is 0. The topological polar surface area (TPSA) is 50.7 Å². The normalized spacial score (nSPS) is 14.8. The quantitative estimate of drug-likeness (QED) is 0.811. The van der Waals surface area contributed by atoms with Gasteiger partial charge < -0.3 is 19.3 Å². The Labute approximate surface area is 143 Å². The number of nitrogens with zero attached hydrogens (tertiary/aromatic N) is 4. The summed E-state index contributed by atoms with van der Waals surface area (Å²) in [6.45, 7) is 6.92. The third-order valence-electron chi connectivity index (χ3n) is 4.11. The Hall–Kier alpha value is -2.34. The minimum atomic E-state index is 0.511. The number of anilines is 2. The second-order valence-corrected chi connectivity index (χ2v) is 5.68. The van der Waals surface area contributed by atoms with Gasteiger partial charge in [0.2, 0.25) is 0 Å². The molecule has 0 amide bonds.